The summed E-state index contributed by atoms with van der Waals surface area (Å²) in [6, 6.07) is 1.87. The summed E-state index contributed by atoms with van der Waals surface area (Å²) in [7, 11) is 0. The van der Waals surface area contributed by atoms with Crippen molar-refractivity contribution >= 4 is 0 Å². The van der Waals surface area contributed by atoms with Gasteiger partial charge in [-0.3, -0.25) is 0 Å². The fourth-order valence-corrected chi connectivity index (χ4v) is 1.26. The van der Waals surface area contributed by atoms with Crippen molar-refractivity contribution in [3.63, 3.8) is 0 Å². The van der Waals surface area contributed by atoms with Gasteiger partial charge < -0.3 is 9.47 Å². The molecule has 0 aliphatic carbocycles. The zero-order valence-electron chi connectivity index (χ0n) is 7.56. The maximum atomic E-state index is 5.47. The Bertz CT molecular complexity index is 285. The first kappa shape index (κ1) is 8.59. The van der Waals surface area contributed by atoms with Gasteiger partial charge in [-0.1, -0.05) is 0 Å². The predicted molar refractivity (Wildman–Crippen MR) is 46.3 cm³/mol. The molecule has 2 rings (SSSR count). The van der Waals surface area contributed by atoms with Gasteiger partial charge >= 0.3 is 0 Å². The van der Waals surface area contributed by atoms with Crippen LogP contribution in [0.4, 0.5) is 0 Å². The van der Waals surface area contributed by atoms with Gasteiger partial charge in [0.05, 0.1) is 19.8 Å². The van der Waals surface area contributed by atoms with E-state index in [1.54, 1.807) is 6.20 Å². The molecule has 1 atom stereocenters. The van der Waals surface area contributed by atoms with Crippen molar-refractivity contribution in [3.8, 4) is 0 Å². The topological polar surface area (TPSA) is 44.2 Å². The summed E-state index contributed by atoms with van der Waals surface area (Å²) in [5.74, 6) is 0.722. The number of hydrogen-bond acceptors (Lipinski definition) is 4. The van der Waals surface area contributed by atoms with Crippen LogP contribution in [0.25, 0.3) is 0 Å². The van der Waals surface area contributed by atoms with E-state index in [0.29, 0.717) is 19.8 Å². The monoisotopic (exact) mass is 180 g/mol. The van der Waals surface area contributed by atoms with Crippen molar-refractivity contribution in [2.24, 2.45) is 0 Å². The van der Waals surface area contributed by atoms with Gasteiger partial charge in [0.1, 0.15) is 6.10 Å². The molecule has 0 radical (unpaired) electrons. The third-order valence-corrected chi connectivity index (χ3v) is 1.92. The van der Waals surface area contributed by atoms with E-state index in [1.807, 2.05) is 13.0 Å². The second kappa shape index (κ2) is 3.81. The summed E-state index contributed by atoms with van der Waals surface area (Å²) in [5.41, 5.74) is 0.958. The van der Waals surface area contributed by atoms with Crippen molar-refractivity contribution in [1.82, 2.24) is 9.97 Å². The van der Waals surface area contributed by atoms with Crippen LogP contribution in [0.2, 0.25) is 0 Å². The van der Waals surface area contributed by atoms with E-state index in [9.17, 15) is 0 Å². The van der Waals surface area contributed by atoms with Crippen molar-refractivity contribution in [1.29, 1.82) is 0 Å². The van der Waals surface area contributed by atoms with E-state index in [-0.39, 0.29) is 6.10 Å². The predicted octanol–water partition coefficient (Wildman–Crippen LogP) is 0.873. The molecule has 1 aromatic heterocycles. The SMILES string of the molecule is Cc1ccnc([C@H]2COCCO2)n1. The number of hydrogen-bond donors (Lipinski definition) is 0. The van der Waals surface area contributed by atoms with E-state index >= 15 is 0 Å². The number of ether oxygens (including phenoxy) is 2. The summed E-state index contributed by atoms with van der Waals surface area (Å²) < 4.78 is 10.7. The molecule has 1 aromatic rings. The minimum atomic E-state index is -0.0892. The highest BCUT2D eigenvalue weighted by Gasteiger charge is 2.18. The molecular formula is C9H12N2O2. The molecule has 4 heteroatoms. The van der Waals surface area contributed by atoms with Gasteiger partial charge in [-0.15, -0.1) is 0 Å². The van der Waals surface area contributed by atoms with Crippen molar-refractivity contribution < 1.29 is 9.47 Å². The normalized spacial score (nSPS) is 23.0. The van der Waals surface area contributed by atoms with Gasteiger partial charge in [0.2, 0.25) is 0 Å². The Balaban J connectivity index is 2.14. The number of rotatable bonds is 1. The highest BCUT2D eigenvalue weighted by molar-refractivity contribution is 5.02. The van der Waals surface area contributed by atoms with Gasteiger partial charge in [0, 0.05) is 11.9 Å². The minimum Gasteiger partial charge on any atom is -0.376 e. The smallest absolute Gasteiger partial charge is 0.159 e. The van der Waals surface area contributed by atoms with Gasteiger partial charge in [-0.25, -0.2) is 9.97 Å². The Labute approximate surface area is 76.9 Å². The van der Waals surface area contributed by atoms with Crippen LogP contribution in [0.5, 0.6) is 0 Å². The molecule has 0 spiro atoms. The molecule has 0 unspecified atom stereocenters. The Morgan fingerprint density at radius 2 is 2.38 bits per heavy atom. The van der Waals surface area contributed by atoms with Crippen molar-refractivity contribution in [2.75, 3.05) is 19.8 Å². The van der Waals surface area contributed by atoms with Crippen LogP contribution < -0.4 is 0 Å². The summed E-state index contributed by atoms with van der Waals surface area (Å²) in [5, 5.41) is 0. The number of nitrogens with zero attached hydrogens (tertiary/aromatic N) is 2. The number of aromatic nitrogens is 2. The van der Waals surface area contributed by atoms with E-state index in [4.69, 9.17) is 9.47 Å². The lowest BCUT2D eigenvalue weighted by atomic mass is 10.3. The molecule has 1 fully saturated rings. The molecule has 1 saturated heterocycles. The highest BCUT2D eigenvalue weighted by atomic mass is 16.6. The van der Waals surface area contributed by atoms with Crippen molar-refractivity contribution in [2.45, 2.75) is 13.0 Å². The van der Waals surface area contributed by atoms with Gasteiger partial charge in [0.15, 0.2) is 5.82 Å². The molecule has 1 aliphatic heterocycles. The summed E-state index contributed by atoms with van der Waals surface area (Å²) in [6.07, 6.45) is 1.66. The third-order valence-electron chi connectivity index (χ3n) is 1.92. The molecule has 4 nitrogen and oxygen atoms in total. The maximum Gasteiger partial charge on any atom is 0.159 e. The molecular weight excluding hydrogens is 168 g/mol. The van der Waals surface area contributed by atoms with Crippen LogP contribution >= 0.6 is 0 Å². The summed E-state index contributed by atoms with van der Waals surface area (Å²) in [4.78, 5) is 8.43. The standard InChI is InChI=1S/C9H12N2O2/c1-7-2-3-10-9(11-7)8-6-12-4-5-13-8/h2-3,8H,4-6H2,1H3/t8-/m1/s1. The molecule has 2 heterocycles. The first-order valence-corrected chi connectivity index (χ1v) is 4.35. The lowest BCUT2D eigenvalue weighted by Crippen LogP contribution is -2.23. The van der Waals surface area contributed by atoms with Gasteiger partial charge in [0.25, 0.3) is 0 Å². The van der Waals surface area contributed by atoms with E-state index in [2.05, 4.69) is 9.97 Å². The molecule has 70 valence electrons. The Morgan fingerprint density at radius 3 is 3.08 bits per heavy atom. The quantitative estimate of drug-likeness (QED) is 0.643. The second-order valence-electron chi connectivity index (χ2n) is 2.99. The first-order chi connectivity index (χ1) is 6.36. The van der Waals surface area contributed by atoms with Gasteiger partial charge in [-0.2, -0.15) is 0 Å². The second-order valence-corrected chi connectivity index (χ2v) is 2.99. The zero-order chi connectivity index (χ0) is 9.10. The average molecular weight is 180 g/mol. The van der Waals surface area contributed by atoms with E-state index in [1.165, 1.54) is 0 Å². The molecule has 0 N–H and O–H groups in total. The Kier molecular flexibility index (Phi) is 2.52. The van der Waals surface area contributed by atoms with Crippen LogP contribution in [-0.2, 0) is 9.47 Å². The fourth-order valence-electron chi connectivity index (χ4n) is 1.26. The number of aryl methyl sites for hydroxylation is 1. The third kappa shape index (κ3) is 2.02. The Hall–Kier alpha value is -1.00. The zero-order valence-corrected chi connectivity index (χ0v) is 7.56. The fraction of sp³-hybridized carbons (Fsp3) is 0.556. The van der Waals surface area contributed by atoms with Crippen LogP contribution in [0.1, 0.15) is 17.6 Å². The molecule has 0 bridgehead atoms. The summed E-state index contributed by atoms with van der Waals surface area (Å²) in [6.45, 7) is 3.79. The van der Waals surface area contributed by atoms with Crippen LogP contribution in [0, 0.1) is 6.92 Å². The molecule has 0 saturated carbocycles. The van der Waals surface area contributed by atoms with Crippen LogP contribution in [-0.4, -0.2) is 29.8 Å². The lowest BCUT2D eigenvalue weighted by molar-refractivity contribution is -0.0935. The van der Waals surface area contributed by atoms with E-state index in [0.717, 1.165) is 11.5 Å². The van der Waals surface area contributed by atoms with Crippen LogP contribution in [0.15, 0.2) is 12.3 Å². The van der Waals surface area contributed by atoms with Crippen LogP contribution in [0.3, 0.4) is 0 Å². The molecule has 13 heavy (non-hydrogen) atoms. The Morgan fingerprint density at radius 1 is 1.46 bits per heavy atom. The first-order valence-electron chi connectivity index (χ1n) is 4.35. The largest absolute Gasteiger partial charge is 0.376 e. The highest BCUT2D eigenvalue weighted by Crippen LogP contribution is 2.16. The maximum absolute atomic E-state index is 5.47. The molecule has 0 aromatic carbocycles. The van der Waals surface area contributed by atoms with E-state index < -0.39 is 0 Å². The summed E-state index contributed by atoms with van der Waals surface area (Å²) >= 11 is 0. The molecule has 1 aliphatic rings. The minimum absolute atomic E-state index is 0.0892. The van der Waals surface area contributed by atoms with Gasteiger partial charge in [-0.05, 0) is 13.0 Å². The molecule has 0 amide bonds. The van der Waals surface area contributed by atoms with Crippen molar-refractivity contribution in [3.05, 3.63) is 23.8 Å². The lowest BCUT2D eigenvalue weighted by Gasteiger charge is -2.21. The average Bonchev–Trinajstić information content (AvgIpc) is 2.19.